The van der Waals surface area contributed by atoms with Gasteiger partial charge < -0.3 is 19.7 Å². The second kappa shape index (κ2) is 13.4. The van der Waals surface area contributed by atoms with Gasteiger partial charge >= 0.3 is 12.7 Å². The minimum absolute atomic E-state index is 0.0275. The van der Waals surface area contributed by atoms with E-state index >= 15 is 0 Å². The third-order valence-electron chi connectivity index (χ3n) is 7.89. The summed E-state index contributed by atoms with van der Waals surface area (Å²) in [6.07, 6.45) is 5.04. The van der Waals surface area contributed by atoms with E-state index in [0.717, 1.165) is 47.0 Å². The summed E-state index contributed by atoms with van der Waals surface area (Å²) in [4.78, 5) is 27.8. The standard InChI is InChI=1S/C33H36F2N8O5S/c1-5-20-15-21(16-22-17-36-31(40-28(20)22)39-23-7-6-14-42(18-23)32(44)48-33(2,3)4)26-12-13-27-29(37-19-38-43(26)27)41-49(45,46)25-10-8-24(9-11-25)47-30(34)35/h8-13,15-17,19,23,30H,5-7,14,18H2,1-4H3,(H,36,39,40)(H,37,38,41)/t23-/m0/s1. The van der Waals surface area contributed by atoms with Gasteiger partial charge in [-0.15, -0.1) is 0 Å². The Morgan fingerprint density at radius 1 is 1.10 bits per heavy atom. The number of likely N-dealkylation sites (tertiary alicyclic amines) is 1. The zero-order chi connectivity index (χ0) is 34.9. The lowest BCUT2D eigenvalue weighted by Crippen LogP contribution is -2.47. The first kappa shape index (κ1) is 33.8. The summed E-state index contributed by atoms with van der Waals surface area (Å²) in [5.41, 5.74) is 3.10. The number of sulfonamides is 1. The molecule has 0 radical (unpaired) electrons. The molecule has 1 aliphatic rings. The smallest absolute Gasteiger partial charge is 0.410 e. The van der Waals surface area contributed by atoms with Crippen LogP contribution in [0.4, 0.5) is 25.3 Å². The van der Waals surface area contributed by atoms with Crippen molar-refractivity contribution in [2.75, 3.05) is 23.1 Å². The number of nitrogens with one attached hydrogen (secondary N) is 2. The van der Waals surface area contributed by atoms with Crippen molar-refractivity contribution in [3.8, 4) is 17.0 Å². The highest BCUT2D eigenvalue weighted by atomic mass is 32.2. The summed E-state index contributed by atoms with van der Waals surface area (Å²) in [5, 5.41) is 8.59. The first-order chi connectivity index (χ1) is 23.3. The van der Waals surface area contributed by atoms with Gasteiger partial charge in [-0.2, -0.15) is 13.9 Å². The number of piperidine rings is 1. The maximum absolute atomic E-state index is 13.1. The number of hydrogen-bond donors (Lipinski definition) is 2. The van der Waals surface area contributed by atoms with E-state index < -0.39 is 22.2 Å². The average molecular weight is 695 g/mol. The largest absolute Gasteiger partial charge is 0.444 e. The van der Waals surface area contributed by atoms with E-state index in [0.29, 0.717) is 36.7 Å². The molecule has 1 aliphatic heterocycles. The highest BCUT2D eigenvalue weighted by Crippen LogP contribution is 2.31. The van der Waals surface area contributed by atoms with Crippen molar-refractivity contribution in [2.45, 2.75) is 70.1 Å². The normalized spacial score (nSPS) is 15.5. The van der Waals surface area contributed by atoms with E-state index in [9.17, 15) is 22.0 Å². The zero-order valence-electron chi connectivity index (χ0n) is 27.4. The molecule has 0 aliphatic carbocycles. The number of rotatable bonds is 9. The predicted molar refractivity (Wildman–Crippen MR) is 179 cm³/mol. The molecule has 16 heteroatoms. The number of aryl methyl sites for hydroxylation is 1. The number of hydrogen-bond acceptors (Lipinski definition) is 10. The molecule has 13 nitrogen and oxygen atoms in total. The molecule has 0 saturated carbocycles. The first-order valence-electron chi connectivity index (χ1n) is 15.7. The number of aromatic nitrogens is 5. The molecular weight excluding hydrogens is 658 g/mol. The van der Waals surface area contributed by atoms with E-state index in [2.05, 4.69) is 29.8 Å². The van der Waals surface area contributed by atoms with Crippen molar-refractivity contribution in [1.82, 2.24) is 29.5 Å². The minimum Gasteiger partial charge on any atom is -0.444 e. The predicted octanol–water partition coefficient (Wildman–Crippen LogP) is 6.12. The molecule has 6 rings (SSSR count). The SMILES string of the molecule is CCc1cc(-c2ccc3c(NS(=O)(=O)c4ccc(OC(F)F)cc4)ncnn23)cc2cnc(N[C@H]3CCCN(C(=O)OC(C)(C)C)C3)nc12. The molecule has 1 fully saturated rings. The maximum Gasteiger partial charge on any atom is 0.410 e. The van der Waals surface area contributed by atoms with Crippen LogP contribution in [0, 0.1) is 0 Å². The molecule has 1 amide bonds. The van der Waals surface area contributed by atoms with Crippen LogP contribution < -0.4 is 14.8 Å². The lowest BCUT2D eigenvalue weighted by Gasteiger charge is -2.34. The Labute approximate surface area is 281 Å². The van der Waals surface area contributed by atoms with Crippen LogP contribution in [0.25, 0.3) is 27.7 Å². The Morgan fingerprint density at radius 2 is 1.88 bits per heavy atom. The average Bonchev–Trinajstić information content (AvgIpc) is 3.49. The summed E-state index contributed by atoms with van der Waals surface area (Å²) in [5.74, 6) is 0.350. The van der Waals surface area contributed by atoms with Gasteiger partial charge in [0.1, 0.15) is 23.2 Å². The molecule has 0 unspecified atom stereocenters. The van der Waals surface area contributed by atoms with E-state index in [1.54, 1.807) is 21.7 Å². The number of fused-ring (bicyclic) bond motifs is 2. The van der Waals surface area contributed by atoms with Gasteiger partial charge in [0.2, 0.25) is 5.95 Å². The van der Waals surface area contributed by atoms with Gasteiger partial charge in [-0.3, -0.25) is 4.72 Å². The lowest BCUT2D eigenvalue weighted by molar-refractivity contribution is -0.0498. The summed E-state index contributed by atoms with van der Waals surface area (Å²) >= 11 is 0. The lowest BCUT2D eigenvalue weighted by atomic mass is 10.0. The summed E-state index contributed by atoms with van der Waals surface area (Å²) in [7, 11) is -4.12. The number of anilines is 2. The highest BCUT2D eigenvalue weighted by molar-refractivity contribution is 7.92. The molecule has 2 aromatic carbocycles. The summed E-state index contributed by atoms with van der Waals surface area (Å²) < 4.78 is 65.2. The number of carbonyl (C=O) groups is 1. The van der Waals surface area contributed by atoms with E-state index in [1.807, 2.05) is 45.9 Å². The third kappa shape index (κ3) is 7.63. The molecular formula is C33H36F2N8O5S. The number of ether oxygens (including phenoxy) is 2. The van der Waals surface area contributed by atoms with E-state index in [4.69, 9.17) is 9.72 Å². The molecule has 2 N–H and O–H groups in total. The van der Waals surface area contributed by atoms with Crippen molar-refractivity contribution in [3.05, 3.63) is 66.6 Å². The molecule has 4 heterocycles. The molecule has 3 aromatic heterocycles. The summed E-state index contributed by atoms with van der Waals surface area (Å²) in [6, 6.07) is 12.1. The van der Waals surface area contributed by atoms with Gasteiger partial charge in [0.15, 0.2) is 5.82 Å². The highest BCUT2D eigenvalue weighted by Gasteiger charge is 2.28. The molecule has 1 saturated heterocycles. The Kier molecular flexibility index (Phi) is 9.24. The number of halogens is 2. The number of nitrogens with zero attached hydrogens (tertiary/aromatic N) is 6. The Bertz CT molecular complexity index is 2100. The van der Waals surface area contributed by atoms with Gasteiger partial charge in [0.05, 0.1) is 16.1 Å². The Balaban J connectivity index is 1.23. The van der Waals surface area contributed by atoms with Crippen molar-refractivity contribution in [1.29, 1.82) is 0 Å². The van der Waals surface area contributed by atoms with Crippen LogP contribution in [0.2, 0.25) is 0 Å². The zero-order valence-corrected chi connectivity index (χ0v) is 28.2. The topological polar surface area (TPSA) is 153 Å². The molecule has 258 valence electrons. The van der Waals surface area contributed by atoms with Crippen LogP contribution in [0.3, 0.4) is 0 Å². The van der Waals surface area contributed by atoms with Gasteiger partial charge in [-0.25, -0.2) is 32.7 Å². The molecule has 0 spiro atoms. The quantitative estimate of drug-likeness (QED) is 0.185. The first-order valence-corrected chi connectivity index (χ1v) is 17.2. The van der Waals surface area contributed by atoms with Gasteiger partial charge in [-0.1, -0.05) is 6.92 Å². The second-order valence-electron chi connectivity index (χ2n) is 12.6. The number of amides is 1. The number of alkyl halides is 2. The molecule has 0 bridgehead atoms. The van der Waals surface area contributed by atoms with E-state index in [1.165, 1.54) is 18.5 Å². The van der Waals surface area contributed by atoms with Crippen LogP contribution in [-0.2, 0) is 21.2 Å². The summed E-state index contributed by atoms with van der Waals surface area (Å²) in [6.45, 7) is 5.68. The minimum atomic E-state index is -4.12. The van der Waals surface area contributed by atoms with E-state index in [-0.39, 0.29) is 28.6 Å². The fourth-order valence-electron chi connectivity index (χ4n) is 5.69. The van der Waals surface area contributed by atoms with Crippen LogP contribution >= 0.6 is 0 Å². The maximum atomic E-state index is 13.1. The fraction of sp³-hybridized carbons (Fsp3) is 0.364. The molecule has 5 aromatic rings. The second-order valence-corrected chi connectivity index (χ2v) is 14.3. The third-order valence-corrected chi connectivity index (χ3v) is 9.24. The van der Waals surface area contributed by atoms with Gasteiger partial charge in [0, 0.05) is 36.3 Å². The van der Waals surface area contributed by atoms with Crippen molar-refractivity contribution >= 4 is 44.3 Å². The molecule has 1 atom stereocenters. The number of benzene rings is 2. The van der Waals surface area contributed by atoms with Crippen molar-refractivity contribution in [3.63, 3.8) is 0 Å². The van der Waals surface area contributed by atoms with Crippen LogP contribution in [0.5, 0.6) is 5.75 Å². The van der Waals surface area contributed by atoms with Gasteiger partial charge in [0.25, 0.3) is 10.0 Å². The van der Waals surface area contributed by atoms with Crippen LogP contribution in [0.1, 0.15) is 46.1 Å². The Morgan fingerprint density at radius 3 is 2.59 bits per heavy atom. The van der Waals surface area contributed by atoms with Crippen LogP contribution in [0.15, 0.2) is 66.0 Å². The number of carbonyl (C=O) groups excluding carboxylic acids is 1. The van der Waals surface area contributed by atoms with Crippen LogP contribution in [-0.4, -0.2) is 75.3 Å². The van der Waals surface area contributed by atoms with Gasteiger partial charge in [-0.05, 0) is 94.1 Å². The Hall–Kier alpha value is -5.12. The fourth-order valence-corrected chi connectivity index (χ4v) is 6.72. The monoisotopic (exact) mass is 694 g/mol. The molecule has 49 heavy (non-hydrogen) atoms. The van der Waals surface area contributed by atoms with Crippen molar-refractivity contribution in [2.24, 2.45) is 0 Å². The van der Waals surface area contributed by atoms with Crippen molar-refractivity contribution < 1.29 is 31.5 Å².